The molecule has 0 unspecified atom stereocenters. The van der Waals surface area contributed by atoms with Crippen LogP contribution in [0.1, 0.15) is 35.3 Å². The minimum atomic E-state index is -0.112. The van der Waals surface area contributed by atoms with Crippen molar-refractivity contribution in [3.05, 3.63) is 89.9 Å². The number of nitrogens with one attached hydrogen (secondary N) is 1. The number of rotatable bonds is 7. The van der Waals surface area contributed by atoms with Gasteiger partial charge in [-0.2, -0.15) is 0 Å². The largest absolute Gasteiger partial charge is 0.350 e. The molecule has 3 aromatic rings. The Balaban J connectivity index is 1.73. The number of hydrogen-bond donors (Lipinski definition) is 1. The summed E-state index contributed by atoms with van der Waals surface area (Å²) < 4.78 is 0. The maximum absolute atomic E-state index is 12.5. The van der Waals surface area contributed by atoms with Gasteiger partial charge in [-0.05, 0) is 49.2 Å². The molecule has 0 spiro atoms. The Morgan fingerprint density at radius 3 is 2.44 bits per heavy atom. The van der Waals surface area contributed by atoms with E-state index in [0.717, 1.165) is 17.9 Å². The fourth-order valence-corrected chi connectivity index (χ4v) is 2.81. The van der Waals surface area contributed by atoms with E-state index in [1.54, 1.807) is 24.7 Å². The van der Waals surface area contributed by atoms with Crippen molar-refractivity contribution in [2.45, 2.75) is 33.0 Å². The highest BCUT2D eigenvalue weighted by Crippen LogP contribution is 2.19. The van der Waals surface area contributed by atoms with Crippen molar-refractivity contribution >= 4 is 11.7 Å². The summed E-state index contributed by atoms with van der Waals surface area (Å²) in [6, 6.07) is 17.9. The number of anilines is 1. The summed E-state index contributed by atoms with van der Waals surface area (Å²) in [5, 5.41) is 2.95. The second-order valence-corrected chi connectivity index (χ2v) is 6.65. The van der Waals surface area contributed by atoms with Crippen LogP contribution in [0.25, 0.3) is 0 Å². The predicted molar refractivity (Wildman–Crippen MR) is 107 cm³/mol. The van der Waals surface area contributed by atoms with Gasteiger partial charge in [-0.25, -0.2) is 4.98 Å². The number of aromatic nitrogens is 2. The number of benzene rings is 1. The molecule has 0 bridgehead atoms. The molecule has 0 saturated heterocycles. The van der Waals surface area contributed by atoms with Crippen LogP contribution in [0.5, 0.6) is 0 Å². The van der Waals surface area contributed by atoms with Crippen molar-refractivity contribution in [1.82, 2.24) is 15.3 Å². The molecule has 1 aromatic carbocycles. The zero-order chi connectivity index (χ0) is 19.1. The van der Waals surface area contributed by atoms with Crippen LogP contribution < -0.4 is 10.2 Å². The topological polar surface area (TPSA) is 58.1 Å². The minimum Gasteiger partial charge on any atom is -0.350 e. The number of pyridine rings is 2. The number of carbonyl (C=O) groups excluding carboxylic acids is 1. The van der Waals surface area contributed by atoms with Gasteiger partial charge in [-0.3, -0.25) is 9.78 Å². The van der Waals surface area contributed by atoms with Gasteiger partial charge in [0.15, 0.2) is 0 Å². The number of hydrogen-bond acceptors (Lipinski definition) is 4. The molecular weight excluding hydrogens is 336 g/mol. The van der Waals surface area contributed by atoms with Crippen molar-refractivity contribution in [3.8, 4) is 0 Å². The average molecular weight is 360 g/mol. The Kier molecular flexibility index (Phi) is 6.15. The van der Waals surface area contributed by atoms with Gasteiger partial charge in [0.05, 0.1) is 0 Å². The smallest absolute Gasteiger partial charge is 0.251 e. The maximum Gasteiger partial charge on any atom is 0.251 e. The van der Waals surface area contributed by atoms with E-state index in [1.807, 2.05) is 36.4 Å². The molecule has 0 aliphatic rings. The van der Waals surface area contributed by atoms with Gasteiger partial charge in [-0.1, -0.05) is 30.3 Å². The summed E-state index contributed by atoms with van der Waals surface area (Å²) in [7, 11) is 0. The fourth-order valence-electron chi connectivity index (χ4n) is 2.81. The summed E-state index contributed by atoms with van der Waals surface area (Å²) in [5.74, 6) is 0.685. The Labute approximate surface area is 160 Å². The van der Waals surface area contributed by atoms with Gasteiger partial charge < -0.3 is 10.2 Å². The Morgan fingerprint density at radius 1 is 1.00 bits per heavy atom. The van der Waals surface area contributed by atoms with Crippen LogP contribution >= 0.6 is 0 Å². The molecule has 3 rings (SSSR count). The van der Waals surface area contributed by atoms with E-state index in [-0.39, 0.29) is 11.9 Å². The molecule has 0 atom stereocenters. The fraction of sp³-hybridized carbons (Fsp3) is 0.227. The highest BCUT2D eigenvalue weighted by Gasteiger charge is 2.15. The molecule has 0 fully saturated rings. The predicted octanol–water partition coefficient (Wildman–Crippen LogP) is 3.82. The van der Waals surface area contributed by atoms with Crippen LogP contribution in [-0.2, 0) is 13.1 Å². The third-order valence-electron chi connectivity index (χ3n) is 4.32. The van der Waals surface area contributed by atoms with E-state index in [4.69, 9.17) is 0 Å². The first-order valence-electron chi connectivity index (χ1n) is 9.07. The Morgan fingerprint density at radius 2 is 1.74 bits per heavy atom. The van der Waals surface area contributed by atoms with Crippen LogP contribution in [0, 0.1) is 0 Å². The first-order chi connectivity index (χ1) is 13.1. The average Bonchev–Trinajstić information content (AvgIpc) is 2.71. The van der Waals surface area contributed by atoms with Crippen molar-refractivity contribution in [2.24, 2.45) is 0 Å². The summed E-state index contributed by atoms with van der Waals surface area (Å²) in [5.41, 5.74) is 2.83. The zero-order valence-corrected chi connectivity index (χ0v) is 15.7. The normalized spacial score (nSPS) is 10.6. The van der Waals surface area contributed by atoms with Crippen molar-refractivity contribution in [3.63, 3.8) is 0 Å². The SMILES string of the molecule is CC(C)N(Cc1ccccc1)c1cc(C(=O)NCc2ccncc2)ccn1. The van der Waals surface area contributed by atoms with Gasteiger partial charge in [0.2, 0.25) is 0 Å². The standard InChI is InChI=1S/C22H24N4O/c1-17(2)26(16-19-6-4-3-5-7-19)21-14-20(10-13-24-21)22(27)25-15-18-8-11-23-12-9-18/h3-14,17H,15-16H2,1-2H3,(H,25,27). The lowest BCUT2D eigenvalue weighted by atomic mass is 10.1. The van der Waals surface area contributed by atoms with Crippen LogP contribution in [-0.4, -0.2) is 21.9 Å². The van der Waals surface area contributed by atoms with E-state index < -0.39 is 0 Å². The molecule has 1 N–H and O–H groups in total. The van der Waals surface area contributed by atoms with Crippen LogP contribution in [0.2, 0.25) is 0 Å². The van der Waals surface area contributed by atoms with Crippen molar-refractivity contribution in [2.75, 3.05) is 4.90 Å². The van der Waals surface area contributed by atoms with E-state index in [0.29, 0.717) is 12.1 Å². The third kappa shape index (κ3) is 5.14. The lowest BCUT2D eigenvalue weighted by molar-refractivity contribution is 0.0951. The number of amides is 1. The number of carbonyl (C=O) groups is 1. The van der Waals surface area contributed by atoms with Crippen LogP contribution in [0.15, 0.2) is 73.2 Å². The monoisotopic (exact) mass is 360 g/mol. The zero-order valence-electron chi connectivity index (χ0n) is 15.7. The Hall–Kier alpha value is -3.21. The molecule has 2 aromatic heterocycles. The summed E-state index contributed by atoms with van der Waals surface area (Å²) in [6.07, 6.45) is 5.13. The summed E-state index contributed by atoms with van der Waals surface area (Å²) in [4.78, 5) is 23.2. The molecule has 138 valence electrons. The van der Waals surface area contributed by atoms with Gasteiger partial charge in [-0.15, -0.1) is 0 Å². The summed E-state index contributed by atoms with van der Waals surface area (Å²) >= 11 is 0. The van der Waals surface area contributed by atoms with Crippen molar-refractivity contribution in [1.29, 1.82) is 0 Å². The molecule has 27 heavy (non-hydrogen) atoms. The first-order valence-corrected chi connectivity index (χ1v) is 9.07. The highest BCUT2D eigenvalue weighted by atomic mass is 16.1. The molecule has 0 radical (unpaired) electrons. The van der Waals surface area contributed by atoms with E-state index in [1.165, 1.54) is 5.56 Å². The highest BCUT2D eigenvalue weighted by molar-refractivity contribution is 5.94. The lowest BCUT2D eigenvalue weighted by Crippen LogP contribution is -2.31. The van der Waals surface area contributed by atoms with Crippen LogP contribution in [0.4, 0.5) is 5.82 Å². The first kappa shape index (κ1) is 18.6. The van der Waals surface area contributed by atoms with Gasteiger partial charge in [0, 0.05) is 43.3 Å². The molecular formula is C22H24N4O. The third-order valence-corrected chi connectivity index (χ3v) is 4.32. The van der Waals surface area contributed by atoms with Gasteiger partial charge >= 0.3 is 0 Å². The molecule has 5 nitrogen and oxygen atoms in total. The second kappa shape index (κ2) is 8.94. The maximum atomic E-state index is 12.5. The molecule has 2 heterocycles. The molecule has 0 saturated carbocycles. The molecule has 1 amide bonds. The minimum absolute atomic E-state index is 0.112. The van der Waals surface area contributed by atoms with E-state index in [9.17, 15) is 4.79 Å². The van der Waals surface area contributed by atoms with Crippen molar-refractivity contribution < 1.29 is 4.79 Å². The summed E-state index contributed by atoms with van der Waals surface area (Å²) in [6.45, 7) is 5.46. The van der Waals surface area contributed by atoms with E-state index in [2.05, 4.69) is 46.2 Å². The van der Waals surface area contributed by atoms with E-state index >= 15 is 0 Å². The Bertz CT molecular complexity index is 866. The molecule has 0 aliphatic heterocycles. The van der Waals surface area contributed by atoms with Gasteiger partial charge in [0.25, 0.3) is 5.91 Å². The molecule has 0 aliphatic carbocycles. The molecule has 5 heteroatoms. The quantitative estimate of drug-likeness (QED) is 0.696. The second-order valence-electron chi connectivity index (χ2n) is 6.65. The number of nitrogens with zero attached hydrogens (tertiary/aromatic N) is 3. The van der Waals surface area contributed by atoms with Gasteiger partial charge in [0.1, 0.15) is 5.82 Å². The van der Waals surface area contributed by atoms with Crippen LogP contribution in [0.3, 0.4) is 0 Å². The lowest BCUT2D eigenvalue weighted by Gasteiger charge is -2.28.